The number of aliphatic hydroxyl groups excluding tert-OH is 1. The molecule has 7 nitrogen and oxygen atoms in total. The fourth-order valence-corrected chi connectivity index (χ4v) is 4.95. The summed E-state index contributed by atoms with van der Waals surface area (Å²) in [4.78, 5) is 32.2. The van der Waals surface area contributed by atoms with Gasteiger partial charge in [-0.2, -0.15) is 0 Å². The molecule has 0 aliphatic rings. The Hall–Kier alpha value is -3.14. The van der Waals surface area contributed by atoms with Gasteiger partial charge in [-0.3, -0.25) is 9.97 Å². The van der Waals surface area contributed by atoms with Crippen molar-refractivity contribution in [2.45, 2.75) is 13.3 Å². The number of nitrogens with zero attached hydrogens (tertiary/aromatic N) is 2. The fourth-order valence-electron chi connectivity index (χ4n) is 2.79. The lowest BCUT2D eigenvalue weighted by Gasteiger charge is -1.95. The van der Waals surface area contributed by atoms with Gasteiger partial charge in [-0.05, 0) is 41.8 Å². The van der Waals surface area contributed by atoms with E-state index in [-0.39, 0.29) is 11.9 Å². The molecule has 0 aliphatic heterocycles. The van der Waals surface area contributed by atoms with E-state index in [1.807, 2.05) is 12.1 Å². The van der Waals surface area contributed by atoms with E-state index in [1.165, 1.54) is 42.5 Å². The van der Waals surface area contributed by atoms with E-state index in [4.69, 9.17) is 5.11 Å². The quantitative estimate of drug-likeness (QED) is 0.418. The monoisotopic (exact) mass is 472 g/mol. The molecule has 4 heterocycles. The average Bonchev–Trinajstić information content (AvgIpc) is 3.49. The third-order valence-corrected chi connectivity index (χ3v) is 6.64. The summed E-state index contributed by atoms with van der Waals surface area (Å²) in [5.74, 6) is -0.618. The van der Waals surface area contributed by atoms with Crippen molar-refractivity contribution in [1.82, 2.24) is 9.97 Å². The van der Waals surface area contributed by atoms with Crippen molar-refractivity contribution in [2.75, 3.05) is 21.3 Å². The third-order valence-electron chi connectivity index (χ3n) is 4.31. The smallest absolute Gasteiger partial charge is 0.348 e. The molecule has 0 saturated carbocycles. The van der Waals surface area contributed by atoms with Gasteiger partial charge in [-0.25, -0.2) is 9.59 Å². The van der Waals surface area contributed by atoms with Crippen LogP contribution in [0.4, 0.5) is 0 Å². The molecule has 0 spiro atoms. The number of ether oxygens (including phenoxy) is 2. The van der Waals surface area contributed by atoms with E-state index in [0.29, 0.717) is 9.75 Å². The van der Waals surface area contributed by atoms with Crippen molar-refractivity contribution in [2.24, 2.45) is 0 Å². The molecule has 0 aliphatic carbocycles. The zero-order valence-corrected chi connectivity index (χ0v) is 19.9. The molecule has 168 valence electrons. The first kappa shape index (κ1) is 25.1. The van der Waals surface area contributed by atoms with E-state index in [9.17, 15) is 9.59 Å². The standard InChI is InChI=1S/C11H11NO2S.C11H9NO2S.CH4O/c2*1-3-7-4-5-12-8-6-9(11(13)14-2)15-10(7)8;1-2/h4-6H,3H2,1-2H3;3-6H,1H2,2H3;2H,1H3. The lowest BCUT2D eigenvalue weighted by Crippen LogP contribution is -1.96. The first-order valence-corrected chi connectivity index (χ1v) is 11.1. The topological polar surface area (TPSA) is 98.6 Å². The van der Waals surface area contributed by atoms with Crippen molar-refractivity contribution in [3.8, 4) is 0 Å². The van der Waals surface area contributed by atoms with Crippen LogP contribution >= 0.6 is 22.7 Å². The van der Waals surface area contributed by atoms with Crippen molar-refractivity contribution >= 4 is 61.1 Å². The SMILES string of the molecule is C=Cc1ccnc2cc(C(=O)OC)sc12.CCc1ccnc2cc(C(=O)OC)sc12.CO. The minimum Gasteiger partial charge on any atom is -0.465 e. The van der Waals surface area contributed by atoms with Crippen molar-refractivity contribution in [3.05, 3.63) is 64.1 Å². The summed E-state index contributed by atoms with van der Waals surface area (Å²) in [5, 5.41) is 7.00. The van der Waals surface area contributed by atoms with Gasteiger partial charge in [0, 0.05) is 19.5 Å². The van der Waals surface area contributed by atoms with Crippen LogP contribution in [-0.4, -0.2) is 48.3 Å². The van der Waals surface area contributed by atoms with Crippen molar-refractivity contribution < 1.29 is 24.2 Å². The second-order valence-electron chi connectivity index (χ2n) is 6.06. The highest BCUT2D eigenvalue weighted by Gasteiger charge is 2.13. The average molecular weight is 473 g/mol. The lowest BCUT2D eigenvalue weighted by molar-refractivity contribution is 0.0597. The van der Waals surface area contributed by atoms with E-state index < -0.39 is 0 Å². The van der Waals surface area contributed by atoms with Gasteiger partial charge in [-0.15, -0.1) is 22.7 Å². The van der Waals surface area contributed by atoms with E-state index in [2.05, 4.69) is 32.9 Å². The number of pyridine rings is 2. The maximum Gasteiger partial charge on any atom is 0.348 e. The van der Waals surface area contributed by atoms with Crippen LogP contribution < -0.4 is 0 Å². The Morgan fingerprint density at radius 1 is 0.969 bits per heavy atom. The summed E-state index contributed by atoms with van der Waals surface area (Å²) >= 11 is 2.82. The number of aromatic nitrogens is 2. The van der Waals surface area contributed by atoms with Crippen molar-refractivity contribution in [1.29, 1.82) is 0 Å². The predicted octanol–water partition coefficient (Wildman–Crippen LogP) is 4.98. The first-order chi connectivity index (χ1) is 15.5. The second kappa shape index (κ2) is 12.0. The van der Waals surface area contributed by atoms with Gasteiger partial charge in [0.2, 0.25) is 0 Å². The highest BCUT2D eigenvalue weighted by Crippen LogP contribution is 2.29. The largest absolute Gasteiger partial charge is 0.465 e. The van der Waals surface area contributed by atoms with Crippen molar-refractivity contribution in [3.63, 3.8) is 0 Å². The Bertz CT molecular complexity index is 1230. The Balaban J connectivity index is 0.000000211. The Morgan fingerprint density at radius 2 is 1.47 bits per heavy atom. The number of aliphatic hydroxyl groups is 1. The van der Waals surface area contributed by atoms with Gasteiger partial charge in [0.25, 0.3) is 0 Å². The lowest BCUT2D eigenvalue weighted by atomic mass is 10.2. The number of esters is 2. The molecule has 32 heavy (non-hydrogen) atoms. The zero-order chi connectivity index (χ0) is 23.7. The van der Waals surface area contributed by atoms with Gasteiger partial charge in [-0.1, -0.05) is 19.6 Å². The first-order valence-electron chi connectivity index (χ1n) is 9.52. The molecule has 9 heteroatoms. The molecule has 1 N–H and O–H groups in total. The molecule has 0 aromatic carbocycles. The van der Waals surface area contributed by atoms with Crippen LogP contribution in [0.15, 0.2) is 43.2 Å². The minimum atomic E-state index is -0.326. The van der Waals surface area contributed by atoms with Crippen LogP contribution in [0.3, 0.4) is 0 Å². The molecule has 0 fully saturated rings. The summed E-state index contributed by atoms with van der Waals surface area (Å²) in [5.41, 5.74) is 3.89. The van der Waals surface area contributed by atoms with Crippen LogP contribution in [0.2, 0.25) is 0 Å². The number of thiophene rings is 2. The molecule has 4 aromatic heterocycles. The van der Waals surface area contributed by atoms with Gasteiger partial charge in [0.1, 0.15) is 9.75 Å². The zero-order valence-electron chi connectivity index (χ0n) is 18.2. The maximum absolute atomic E-state index is 11.3. The molecule has 0 unspecified atom stereocenters. The molecule has 0 saturated heterocycles. The normalized spacial score (nSPS) is 9.91. The minimum absolute atomic E-state index is 0.292. The van der Waals surface area contributed by atoms with Crippen LogP contribution in [0.1, 0.15) is 37.4 Å². The number of methoxy groups -OCH3 is 2. The Morgan fingerprint density at radius 3 is 1.97 bits per heavy atom. The summed E-state index contributed by atoms with van der Waals surface area (Å²) in [6, 6.07) is 7.37. The molecule has 0 bridgehead atoms. The number of hydrogen-bond donors (Lipinski definition) is 1. The molecular weight excluding hydrogens is 448 g/mol. The number of carbonyl (C=O) groups is 2. The second-order valence-corrected chi connectivity index (χ2v) is 8.17. The summed E-state index contributed by atoms with van der Waals surface area (Å²) < 4.78 is 11.4. The number of fused-ring (bicyclic) bond motifs is 2. The Kier molecular flexibility index (Phi) is 9.45. The summed E-state index contributed by atoms with van der Waals surface area (Å²) in [6.07, 6.45) is 6.17. The number of aryl methyl sites for hydroxylation is 1. The van der Waals surface area contributed by atoms with Crippen LogP contribution in [-0.2, 0) is 15.9 Å². The van der Waals surface area contributed by atoms with Crippen LogP contribution in [0, 0.1) is 0 Å². The van der Waals surface area contributed by atoms with Gasteiger partial charge in [0.15, 0.2) is 0 Å². The Labute approximate surface area is 194 Å². The van der Waals surface area contributed by atoms with Gasteiger partial charge >= 0.3 is 11.9 Å². The molecule has 4 aromatic rings. The van der Waals surface area contributed by atoms with Crippen LogP contribution in [0.25, 0.3) is 26.5 Å². The van der Waals surface area contributed by atoms with Gasteiger partial charge < -0.3 is 14.6 Å². The summed E-state index contributed by atoms with van der Waals surface area (Å²) in [6.45, 7) is 5.81. The molecular formula is C23H24N2O5S2. The van der Waals surface area contributed by atoms with Gasteiger partial charge in [0.05, 0.1) is 34.7 Å². The number of carbonyl (C=O) groups excluding carboxylic acids is 2. The molecule has 0 radical (unpaired) electrons. The number of rotatable bonds is 4. The number of hydrogen-bond acceptors (Lipinski definition) is 9. The predicted molar refractivity (Wildman–Crippen MR) is 130 cm³/mol. The molecule has 0 amide bonds. The highest BCUT2D eigenvalue weighted by molar-refractivity contribution is 7.21. The molecule has 4 rings (SSSR count). The molecule has 0 atom stereocenters. The summed E-state index contributed by atoms with van der Waals surface area (Å²) in [7, 11) is 3.76. The van der Waals surface area contributed by atoms with E-state index in [1.54, 1.807) is 30.6 Å². The highest BCUT2D eigenvalue weighted by atomic mass is 32.1. The third kappa shape index (κ3) is 5.56. The van der Waals surface area contributed by atoms with Crippen LogP contribution in [0.5, 0.6) is 0 Å². The van der Waals surface area contributed by atoms with E-state index >= 15 is 0 Å². The fraction of sp³-hybridized carbons (Fsp3) is 0.217. The maximum atomic E-state index is 11.3. The van der Waals surface area contributed by atoms with E-state index in [0.717, 1.165) is 39.5 Å².